The smallest absolute Gasteiger partial charge is 0.161 e. The number of ether oxygens (including phenoxy) is 3. The molecule has 0 bridgehead atoms. The van der Waals surface area contributed by atoms with Gasteiger partial charge >= 0.3 is 0 Å². The van der Waals surface area contributed by atoms with E-state index < -0.39 is 0 Å². The zero-order valence-electron chi connectivity index (χ0n) is 11.9. The van der Waals surface area contributed by atoms with Gasteiger partial charge in [-0.15, -0.1) is 0 Å². The van der Waals surface area contributed by atoms with Gasteiger partial charge in [-0.1, -0.05) is 22.0 Å². The molecule has 4 nitrogen and oxygen atoms in total. The molecule has 0 radical (unpaired) electrons. The molecule has 112 valence electrons. The van der Waals surface area contributed by atoms with Crippen LogP contribution in [0.15, 0.2) is 40.9 Å². The minimum absolute atomic E-state index is 0.0317. The van der Waals surface area contributed by atoms with Gasteiger partial charge in [0.25, 0.3) is 0 Å². The van der Waals surface area contributed by atoms with E-state index in [-0.39, 0.29) is 6.61 Å². The van der Waals surface area contributed by atoms with Crippen LogP contribution < -0.4 is 14.2 Å². The first-order valence-corrected chi connectivity index (χ1v) is 7.20. The Morgan fingerprint density at radius 1 is 0.952 bits per heavy atom. The maximum absolute atomic E-state index is 9.14. The minimum atomic E-state index is -0.0317. The van der Waals surface area contributed by atoms with Crippen molar-refractivity contribution in [2.45, 2.75) is 13.2 Å². The fourth-order valence-electron chi connectivity index (χ4n) is 1.95. The fourth-order valence-corrected chi connectivity index (χ4v) is 2.35. The lowest BCUT2D eigenvalue weighted by Crippen LogP contribution is -2.00. The molecule has 0 aliphatic carbocycles. The number of benzene rings is 2. The van der Waals surface area contributed by atoms with E-state index >= 15 is 0 Å². The molecule has 2 aromatic rings. The van der Waals surface area contributed by atoms with E-state index in [9.17, 15) is 0 Å². The number of methoxy groups -OCH3 is 2. The Hall–Kier alpha value is -1.72. The monoisotopic (exact) mass is 352 g/mol. The fraction of sp³-hybridized carbons (Fsp3) is 0.250. The summed E-state index contributed by atoms with van der Waals surface area (Å²) < 4.78 is 17.4. The molecule has 0 aliphatic heterocycles. The van der Waals surface area contributed by atoms with Crippen LogP contribution in [0, 0.1) is 0 Å². The molecule has 21 heavy (non-hydrogen) atoms. The summed E-state index contributed by atoms with van der Waals surface area (Å²) in [5.74, 6) is 1.98. The SMILES string of the molecule is COc1ccc(Br)cc1COc1ccc(CO)cc1OC. The van der Waals surface area contributed by atoms with Crippen LogP contribution in [0.2, 0.25) is 0 Å². The quantitative estimate of drug-likeness (QED) is 0.863. The van der Waals surface area contributed by atoms with Crippen LogP contribution in [0.25, 0.3) is 0 Å². The zero-order chi connectivity index (χ0) is 15.2. The Morgan fingerprint density at radius 3 is 2.33 bits per heavy atom. The number of halogens is 1. The molecule has 1 N–H and O–H groups in total. The lowest BCUT2D eigenvalue weighted by atomic mass is 10.2. The third-order valence-electron chi connectivity index (χ3n) is 3.04. The molecule has 0 aliphatic rings. The Kier molecular flexibility index (Phi) is 5.47. The summed E-state index contributed by atoms with van der Waals surface area (Å²) in [6, 6.07) is 11.1. The minimum Gasteiger partial charge on any atom is -0.496 e. The van der Waals surface area contributed by atoms with Crippen molar-refractivity contribution in [1.29, 1.82) is 0 Å². The van der Waals surface area contributed by atoms with Crippen LogP contribution >= 0.6 is 15.9 Å². The molecule has 0 heterocycles. The first-order chi connectivity index (χ1) is 10.2. The highest BCUT2D eigenvalue weighted by atomic mass is 79.9. The van der Waals surface area contributed by atoms with Crippen molar-refractivity contribution in [3.05, 3.63) is 52.0 Å². The average Bonchev–Trinajstić information content (AvgIpc) is 2.52. The van der Waals surface area contributed by atoms with Gasteiger partial charge in [0.15, 0.2) is 11.5 Å². The summed E-state index contributed by atoms with van der Waals surface area (Å²) in [6.45, 7) is 0.327. The van der Waals surface area contributed by atoms with Gasteiger partial charge in [0.1, 0.15) is 12.4 Å². The van der Waals surface area contributed by atoms with E-state index in [0.29, 0.717) is 18.1 Å². The zero-order valence-corrected chi connectivity index (χ0v) is 13.5. The summed E-state index contributed by atoms with van der Waals surface area (Å²) in [5, 5.41) is 9.14. The van der Waals surface area contributed by atoms with E-state index in [1.807, 2.05) is 18.2 Å². The predicted octanol–water partition coefficient (Wildman–Crippen LogP) is 3.54. The molecule has 0 unspecified atom stereocenters. The van der Waals surface area contributed by atoms with Gasteiger partial charge in [0.2, 0.25) is 0 Å². The number of rotatable bonds is 6. The van der Waals surface area contributed by atoms with Crippen molar-refractivity contribution >= 4 is 15.9 Å². The maximum Gasteiger partial charge on any atom is 0.161 e. The van der Waals surface area contributed by atoms with Crippen molar-refractivity contribution < 1.29 is 19.3 Å². The molecule has 0 saturated heterocycles. The van der Waals surface area contributed by atoms with Crippen LogP contribution in [-0.2, 0) is 13.2 Å². The molecular weight excluding hydrogens is 336 g/mol. The van der Waals surface area contributed by atoms with Crippen LogP contribution in [0.4, 0.5) is 0 Å². The third kappa shape index (κ3) is 3.89. The van der Waals surface area contributed by atoms with Crippen molar-refractivity contribution in [3.63, 3.8) is 0 Å². The van der Waals surface area contributed by atoms with Crippen LogP contribution in [0.3, 0.4) is 0 Å². The van der Waals surface area contributed by atoms with Crippen molar-refractivity contribution in [2.24, 2.45) is 0 Å². The molecule has 0 spiro atoms. The van der Waals surface area contributed by atoms with Crippen molar-refractivity contribution in [1.82, 2.24) is 0 Å². The molecule has 0 amide bonds. The molecule has 0 atom stereocenters. The molecule has 0 saturated carbocycles. The lowest BCUT2D eigenvalue weighted by Gasteiger charge is -2.13. The molecule has 2 rings (SSSR count). The highest BCUT2D eigenvalue weighted by Gasteiger charge is 2.09. The molecule has 0 fully saturated rings. The second kappa shape index (κ2) is 7.33. The highest BCUT2D eigenvalue weighted by molar-refractivity contribution is 9.10. The van der Waals surface area contributed by atoms with Crippen LogP contribution in [0.1, 0.15) is 11.1 Å². The largest absolute Gasteiger partial charge is 0.496 e. The summed E-state index contributed by atoms with van der Waals surface area (Å²) in [7, 11) is 3.20. The van der Waals surface area contributed by atoms with E-state index in [1.54, 1.807) is 32.4 Å². The van der Waals surface area contributed by atoms with Crippen LogP contribution in [0.5, 0.6) is 17.2 Å². The van der Waals surface area contributed by atoms with Gasteiger partial charge in [0, 0.05) is 10.0 Å². The Balaban J connectivity index is 2.18. The van der Waals surface area contributed by atoms with Gasteiger partial charge in [-0.3, -0.25) is 0 Å². The average molecular weight is 353 g/mol. The van der Waals surface area contributed by atoms with Crippen LogP contribution in [-0.4, -0.2) is 19.3 Å². The van der Waals surface area contributed by atoms with Gasteiger partial charge < -0.3 is 19.3 Å². The highest BCUT2D eigenvalue weighted by Crippen LogP contribution is 2.30. The second-order valence-corrected chi connectivity index (χ2v) is 5.30. The number of aliphatic hydroxyl groups excluding tert-OH is 1. The molecule has 2 aromatic carbocycles. The van der Waals surface area contributed by atoms with Gasteiger partial charge in [-0.05, 0) is 35.9 Å². The summed E-state index contributed by atoms with van der Waals surface area (Å²) >= 11 is 3.44. The van der Waals surface area contributed by atoms with Gasteiger partial charge in [-0.25, -0.2) is 0 Å². The van der Waals surface area contributed by atoms with E-state index in [2.05, 4.69) is 15.9 Å². The maximum atomic E-state index is 9.14. The predicted molar refractivity (Wildman–Crippen MR) is 83.9 cm³/mol. The first-order valence-electron chi connectivity index (χ1n) is 6.41. The van der Waals surface area contributed by atoms with Gasteiger partial charge in [-0.2, -0.15) is 0 Å². The second-order valence-electron chi connectivity index (χ2n) is 4.39. The summed E-state index contributed by atoms with van der Waals surface area (Å²) in [4.78, 5) is 0. The number of aliphatic hydroxyl groups is 1. The normalized spacial score (nSPS) is 10.3. The van der Waals surface area contributed by atoms with Crippen molar-refractivity contribution in [3.8, 4) is 17.2 Å². The molecular formula is C16H17BrO4. The third-order valence-corrected chi connectivity index (χ3v) is 3.53. The topological polar surface area (TPSA) is 47.9 Å². The van der Waals surface area contributed by atoms with Gasteiger partial charge in [0.05, 0.1) is 20.8 Å². The molecule has 0 aromatic heterocycles. The van der Waals surface area contributed by atoms with E-state index in [4.69, 9.17) is 19.3 Å². The summed E-state index contributed by atoms with van der Waals surface area (Å²) in [6.07, 6.45) is 0. The lowest BCUT2D eigenvalue weighted by molar-refractivity contribution is 0.271. The Morgan fingerprint density at radius 2 is 1.67 bits per heavy atom. The number of hydrogen-bond donors (Lipinski definition) is 1. The molecule has 5 heteroatoms. The van der Waals surface area contributed by atoms with Crippen molar-refractivity contribution in [2.75, 3.05) is 14.2 Å². The Bertz CT molecular complexity index is 613. The standard InChI is InChI=1S/C16H17BrO4/c1-19-14-6-4-13(17)8-12(14)10-21-15-5-3-11(9-18)7-16(15)20-2/h3-8,18H,9-10H2,1-2H3. The van der Waals surface area contributed by atoms with E-state index in [1.165, 1.54) is 0 Å². The Labute approximate surface area is 132 Å². The van der Waals surface area contributed by atoms with E-state index in [0.717, 1.165) is 21.3 Å². The number of hydrogen-bond acceptors (Lipinski definition) is 4. The summed E-state index contributed by atoms with van der Waals surface area (Å²) in [5.41, 5.74) is 1.71. The first kappa shape index (κ1) is 15.7.